The fraction of sp³-hybridized carbons (Fsp3) is 0.647. The quantitative estimate of drug-likeness (QED) is 0.790. The van der Waals surface area contributed by atoms with E-state index in [0.717, 1.165) is 49.2 Å². The molecule has 0 aromatic heterocycles. The molecule has 1 N–H and O–H groups in total. The highest BCUT2D eigenvalue weighted by Gasteiger charge is 2.26. The van der Waals surface area contributed by atoms with Crippen LogP contribution >= 0.6 is 15.9 Å². The van der Waals surface area contributed by atoms with Crippen LogP contribution in [0.25, 0.3) is 0 Å². The Kier molecular flexibility index (Phi) is 7.00. The number of rotatable bonds is 7. The van der Waals surface area contributed by atoms with Gasteiger partial charge in [0.05, 0.1) is 6.61 Å². The normalized spacial score (nSPS) is 17.7. The molecule has 4 heteroatoms. The average Bonchev–Trinajstić information content (AvgIpc) is 2.51. The number of halogens is 1. The second-order valence-corrected chi connectivity index (χ2v) is 6.35. The van der Waals surface area contributed by atoms with Crippen molar-refractivity contribution in [2.24, 2.45) is 5.92 Å². The van der Waals surface area contributed by atoms with E-state index in [1.54, 1.807) is 0 Å². The SMILES string of the molecule is CCCNC(c1ccc(OCC)cc1Br)C1CCOCC1. The highest BCUT2D eigenvalue weighted by molar-refractivity contribution is 9.10. The summed E-state index contributed by atoms with van der Waals surface area (Å²) in [6.07, 6.45) is 3.40. The first-order valence-electron chi connectivity index (χ1n) is 7.99. The van der Waals surface area contributed by atoms with Crippen LogP contribution in [0.3, 0.4) is 0 Å². The molecule has 1 aromatic carbocycles. The molecule has 1 aliphatic rings. The van der Waals surface area contributed by atoms with Crippen molar-refractivity contribution in [2.75, 3.05) is 26.4 Å². The fourth-order valence-electron chi connectivity index (χ4n) is 2.90. The van der Waals surface area contributed by atoms with Gasteiger partial charge < -0.3 is 14.8 Å². The van der Waals surface area contributed by atoms with Crippen molar-refractivity contribution in [3.8, 4) is 5.75 Å². The maximum atomic E-state index is 5.58. The van der Waals surface area contributed by atoms with Crippen molar-refractivity contribution in [2.45, 2.75) is 39.2 Å². The van der Waals surface area contributed by atoms with Gasteiger partial charge in [0.1, 0.15) is 5.75 Å². The van der Waals surface area contributed by atoms with Crippen LogP contribution in [0.5, 0.6) is 5.75 Å². The van der Waals surface area contributed by atoms with Crippen LogP contribution < -0.4 is 10.1 Å². The summed E-state index contributed by atoms with van der Waals surface area (Å²) in [7, 11) is 0. The second-order valence-electron chi connectivity index (χ2n) is 5.50. The molecule has 0 spiro atoms. The smallest absolute Gasteiger partial charge is 0.120 e. The van der Waals surface area contributed by atoms with E-state index in [-0.39, 0.29) is 0 Å². The topological polar surface area (TPSA) is 30.5 Å². The number of hydrogen-bond acceptors (Lipinski definition) is 3. The Morgan fingerprint density at radius 3 is 2.71 bits per heavy atom. The minimum absolute atomic E-state index is 0.388. The molecule has 2 rings (SSSR count). The van der Waals surface area contributed by atoms with Crippen LogP contribution in [-0.4, -0.2) is 26.4 Å². The standard InChI is InChI=1S/C17H26BrNO2/c1-3-9-19-17(13-7-10-20-11-8-13)15-6-5-14(21-4-2)12-16(15)18/h5-6,12-13,17,19H,3-4,7-11H2,1-2H3. The van der Waals surface area contributed by atoms with Crippen molar-refractivity contribution >= 4 is 15.9 Å². The van der Waals surface area contributed by atoms with Crippen LogP contribution in [0.2, 0.25) is 0 Å². The lowest BCUT2D eigenvalue weighted by Crippen LogP contribution is -2.32. The molecular weight excluding hydrogens is 330 g/mol. The van der Waals surface area contributed by atoms with E-state index < -0.39 is 0 Å². The lowest BCUT2D eigenvalue weighted by atomic mass is 9.87. The molecule has 0 amide bonds. The Bertz CT molecular complexity index is 433. The van der Waals surface area contributed by atoms with E-state index >= 15 is 0 Å². The van der Waals surface area contributed by atoms with Gasteiger partial charge in [-0.15, -0.1) is 0 Å². The van der Waals surface area contributed by atoms with Crippen molar-refractivity contribution in [3.05, 3.63) is 28.2 Å². The Labute approximate surface area is 136 Å². The minimum atomic E-state index is 0.388. The molecule has 1 saturated heterocycles. The number of ether oxygens (including phenoxy) is 2. The van der Waals surface area contributed by atoms with Crippen molar-refractivity contribution < 1.29 is 9.47 Å². The van der Waals surface area contributed by atoms with Gasteiger partial charge in [0.25, 0.3) is 0 Å². The first-order chi connectivity index (χ1) is 10.3. The Hall–Kier alpha value is -0.580. The van der Waals surface area contributed by atoms with Crippen LogP contribution in [0.1, 0.15) is 44.7 Å². The molecule has 0 radical (unpaired) electrons. The van der Waals surface area contributed by atoms with Gasteiger partial charge in [0.2, 0.25) is 0 Å². The Balaban J connectivity index is 2.18. The molecule has 1 heterocycles. The van der Waals surface area contributed by atoms with Crippen LogP contribution in [0, 0.1) is 5.92 Å². The molecule has 3 nitrogen and oxygen atoms in total. The predicted molar refractivity (Wildman–Crippen MR) is 89.9 cm³/mol. The van der Waals surface area contributed by atoms with Crippen LogP contribution in [-0.2, 0) is 4.74 Å². The molecule has 1 aromatic rings. The largest absolute Gasteiger partial charge is 0.494 e. The van der Waals surface area contributed by atoms with Gasteiger partial charge in [-0.1, -0.05) is 28.9 Å². The highest BCUT2D eigenvalue weighted by atomic mass is 79.9. The van der Waals surface area contributed by atoms with Gasteiger partial charge in [0, 0.05) is 23.7 Å². The third-order valence-corrected chi connectivity index (χ3v) is 4.66. The van der Waals surface area contributed by atoms with Crippen molar-refractivity contribution in [3.63, 3.8) is 0 Å². The molecule has 1 unspecified atom stereocenters. The van der Waals surface area contributed by atoms with Gasteiger partial charge in [-0.3, -0.25) is 0 Å². The van der Waals surface area contributed by atoms with E-state index in [4.69, 9.17) is 9.47 Å². The van der Waals surface area contributed by atoms with E-state index in [2.05, 4.69) is 46.4 Å². The molecule has 1 aliphatic heterocycles. The first-order valence-corrected chi connectivity index (χ1v) is 8.79. The van der Waals surface area contributed by atoms with Gasteiger partial charge in [0.15, 0.2) is 0 Å². The van der Waals surface area contributed by atoms with Crippen molar-refractivity contribution in [1.29, 1.82) is 0 Å². The van der Waals surface area contributed by atoms with Crippen molar-refractivity contribution in [1.82, 2.24) is 5.32 Å². The summed E-state index contributed by atoms with van der Waals surface area (Å²) in [6, 6.07) is 6.74. The van der Waals surface area contributed by atoms with Crippen LogP contribution in [0.15, 0.2) is 22.7 Å². The van der Waals surface area contributed by atoms with Gasteiger partial charge in [-0.2, -0.15) is 0 Å². The molecule has 0 aliphatic carbocycles. The summed E-state index contributed by atoms with van der Waals surface area (Å²) < 4.78 is 12.2. The molecule has 1 fully saturated rings. The zero-order valence-electron chi connectivity index (χ0n) is 13.0. The summed E-state index contributed by atoms with van der Waals surface area (Å²) >= 11 is 3.73. The van der Waals surface area contributed by atoms with Gasteiger partial charge in [-0.05, 0) is 56.3 Å². The highest BCUT2D eigenvalue weighted by Crippen LogP contribution is 2.35. The zero-order valence-corrected chi connectivity index (χ0v) is 14.6. The third-order valence-electron chi connectivity index (χ3n) is 3.97. The maximum absolute atomic E-state index is 5.58. The lowest BCUT2D eigenvalue weighted by Gasteiger charge is -2.32. The molecular formula is C17H26BrNO2. The monoisotopic (exact) mass is 355 g/mol. The minimum Gasteiger partial charge on any atom is -0.494 e. The fourth-order valence-corrected chi connectivity index (χ4v) is 3.50. The molecule has 118 valence electrons. The lowest BCUT2D eigenvalue weighted by molar-refractivity contribution is 0.0535. The van der Waals surface area contributed by atoms with E-state index in [1.807, 2.05) is 6.92 Å². The van der Waals surface area contributed by atoms with Gasteiger partial charge >= 0.3 is 0 Å². The predicted octanol–water partition coefficient (Wildman–Crippen LogP) is 4.32. The van der Waals surface area contributed by atoms with E-state index in [1.165, 1.54) is 5.56 Å². The summed E-state index contributed by atoms with van der Waals surface area (Å²) in [5.74, 6) is 1.56. The number of nitrogens with one attached hydrogen (secondary N) is 1. The van der Waals surface area contributed by atoms with E-state index in [9.17, 15) is 0 Å². The molecule has 1 atom stereocenters. The third kappa shape index (κ3) is 4.70. The second kappa shape index (κ2) is 8.76. The summed E-state index contributed by atoms with van der Waals surface area (Å²) in [5, 5.41) is 3.72. The van der Waals surface area contributed by atoms with Crippen LogP contribution in [0.4, 0.5) is 0 Å². The number of hydrogen-bond donors (Lipinski definition) is 1. The van der Waals surface area contributed by atoms with Gasteiger partial charge in [-0.25, -0.2) is 0 Å². The Morgan fingerprint density at radius 2 is 2.10 bits per heavy atom. The Morgan fingerprint density at radius 1 is 1.33 bits per heavy atom. The van der Waals surface area contributed by atoms with E-state index in [0.29, 0.717) is 18.6 Å². The number of benzene rings is 1. The summed E-state index contributed by atoms with van der Waals surface area (Å²) in [4.78, 5) is 0. The average molecular weight is 356 g/mol. The molecule has 0 saturated carbocycles. The first kappa shape index (κ1) is 16.8. The summed E-state index contributed by atoms with van der Waals surface area (Å²) in [5.41, 5.74) is 1.33. The molecule has 21 heavy (non-hydrogen) atoms. The summed E-state index contributed by atoms with van der Waals surface area (Å²) in [6.45, 7) is 7.72. The maximum Gasteiger partial charge on any atom is 0.120 e. The molecule has 0 bridgehead atoms. The zero-order chi connectivity index (χ0) is 15.1.